The molecule has 0 bridgehead atoms. The minimum absolute atomic E-state index is 0.360. The molecular formula is C9H9BrO3S. The quantitative estimate of drug-likeness (QED) is 0.682. The lowest BCUT2D eigenvalue weighted by Crippen LogP contribution is -2.32. The molecule has 14 heavy (non-hydrogen) atoms. The van der Waals surface area contributed by atoms with E-state index in [0.717, 1.165) is 3.79 Å². The molecule has 1 N–H and O–H groups in total. The summed E-state index contributed by atoms with van der Waals surface area (Å²) < 4.78 is 0.821. The van der Waals surface area contributed by atoms with Crippen LogP contribution in [0.25, 0.3) is 0 Å². The van der Waals surface area contributed by atoms with Crippen LogP contribution in [0.15, 0.2) is 15.9 Å². The number of rotatable bonds is 3. The summed E-state index contributed by atoms with van der Waals surface area (Å²) in [6, 6.07) is 3.36. The summed E-state index contributed by atoms with van der Waals surface area (Å²) in [5.41, 5.74) is -1.36. The molecule has 1 aromatic rings. The van der Waals surface area contributed by atoms with Gasteiger partial charge >= 0.3 is 5.97 Å². The van der Waals surface area contributed by atoms with Crippen molar-refractivity contribution in [3.05, 3.63) is 20.8 Å². The van der Waals surface area contributed by atoms with E-state index in [-0.39, 0.29) is 5.78 Å². The molecule has 0 spiro atoms. The van der Waals surface area contributed by atoms with Gasteiger partial charge in [0.05, 0.1) is 8.66 Å². The van der Waals surface area contributed by atoms with E-state index in [1.807, 2.05) is 0 Å². The first-order valence-electron chi connectivity index (χ1n) is 3.89. The Morgan fingerprint density at radius 2 is 2.00 bits per heavy atom. The number of carboxylic acids is 1. The first-order valence-corrected chi connectivity index (χ1v) is 5.50. The topological polar surface area (TPSA) is 54.4 Å². The number of halogens is 1. The maximum absolute atomic E-state index is 11.7. The second-order valence-corrected chi connectivity index (χ2v) is 5.83. The molecule has 0 aromatic carbocycles. The van der Waals surface area contributed by atoms with Crippen molar-refractivity contribution in [1.82, 2.24) is 0 Å². The predicted octanol–water partition coefficient (Wildman–Crippen LogP) is 2.80. The first kappa shape index (κ1) is 11.4. The summed E-state index contributed by atoms with van der Waals surface area (Å²) >= 11 is 4.47. The number of thiophene rings is 1. The van der Waals surface area contributed by atoms with Crippen molar-refractivity contribution in [2.24, 2.45) is 5.41 Å². The molecule has 0 aliphatic carbocycles. The molecule has 0 aliphatic rings. The molecule has 1 aromatic heterocycles. The van der Waals surface area contributed by atoms with E-state index < -0.39 is 11.4 Å². The summed E-state index contributed by atoms with van der Waals surface area (Å²) in [4.78, 5) is 23.0. The molecule has 0 aliphatic heterocycles. The molecule has 0 amide bonds. The number of carboxylic acid groups (broad SMARTS) is 1. The standard InChI is InChI=1S/C9H9BrO3S/c1-9(2,8(12)13)7(11)5-3-4-6(10)14-5/h3-4H,1-2H3,(H,12,13). The maximum atomic E-state index is 11.7. The highest BCUT2D eigenvalue weighted by molar-refractivity contribution is 9.11. The van der Waals surface area contributed by atoms with Gasteiger partial charge in [0.15, 0.2) is 5.78 Å². The van der Waals surface area contributed by atoms with Crippen molar-refractivity contribution in [1.29, 1.82) is 0 Å². The molecule has 0 radical (unpaired) electrons. The van der Waals surface area contributed by atoms with Gasteiger partial charge in [-0.15, -0.1) is 11.3 Å². The fourth-order valence-corrected chi connectivity index (χ4v) is 2.33. The average Bonchev–Trinajstić information content (AvgIpc) is 2.50. The second kappa shape index (κ2) is 3.82. The zero-order valence-corrected chi connectivity index (χ0v) is 10.1. The van der Waals surface area contributed by atoms with Crippen LogP contribution in [0.2, 0.25) is 0 Å². The largest absolute Gasteiger partial charge is 0.481 e. The zero-order valence-electron chi connectivity index (χ0n) is 7.70. The van der Waals surface area contributed by atoms with Gasteiger partial charge < -0.3 is 5.11 Å². The van der Waals surface area contributed by atoms with Gasteiger partial charge in [0, 0.05) is 0 Å². The third kappa shape index (κ3) is 2.04. The predicted molar refractivity (Wildman–Crippen MR) is 57.8 cm³/mol. The Hall–Kier alpha value is -0.680. The number of aliphatic carboxylic acids is 1. The lowest BCUT2D eigenvalue weighted by Gasteiger charge is -2.15. The van der Waals surface area contributed by atoms with Crippen LogP contribution in [-0.2, 0) is 4.79 Å². The SMILES string of the molecule is CC(C)(C(=O)O)C(=O)c1ccc(Br)s1. The van der Waals surface area contributed by atoms with Gasteiger partial charge in [-0.05, 0) is 41.9 Å². The Kier molecular flexibility index (Phi) is 3.11. The molecule has 0 unspecified atom stereocenters. The van der Waals surface area contributed by atoms with Crippen LogP contribution < -0.4 is 0 Å². The van der Waals surface area contributed by atoms with Crippen molar-refractivity contribution in [2.75, 3.05) is 0 Å². The van der Waals surface area contributed by atoms with Crippen molar-refractivity contribution in [3.63, 3.8) is 0 Å². The van der Waals surface area contributed by atoms with E-state index in [0.29, 0.717) is 4.88 Å². The molecule has 1 heterocycles. The Labute approximate surface area is 93.9 Å². The van der Waals surface area contributed by atoms with Crippen LogP contribution in [-0.4, -0.2) is 16.9 Å². The van der Waals surface area contributed by atoms with Crippen molar-refractivity contribution < 1.29 is 14.7 Å². The highest BCUT2D eigenvalue weighted by Crippen LogP contribution is 2.29. The van der Waals surface area contributed by atoms with E-state index in [9.17, 15) is 9.59 Å². The van der Waals surface area contributed by atoms with Gasteiger partial charge in [-0.3, -0.25) is 9.59 Å². The molecule has 0 saturated heterocycles. The zero-order chi connectivity index (χ0) is 10.9. The van der Waals surface area contributed by atoms with Crippen molar-refractivity contribution in [3.8, 4) is 0 Å². The number of carbonyl (C=O) groups excluding carboxylic acids is 1. The van der Waals surface area contributed by atoms with Crippen LogP contribution in [0.5, 0.6) is 0 Å². The average molecular weight is 277 g/mol. The molecule has 0 fully saturated rings. The van der Waals surface area contributed by atoms with E-state index >= 15 is 0 Å². The summed E-state index contributed by atoms with van der Waals surface area (Å²) in [5, 5.41) is 8.85. The number of hydrogen-bond acceptors (Lipinski definition) is 3. The number of carbonyl (C=O) groups is 2. The normalized spacial score (nSPS) is 11.4. The van der Waals surface area contributed by atoms with E-state index in [1.165, 1.54) is 25.2 Å². The Balaban J connectivity index is 3.02. The van der Waals surface area contributed by atoms with Gasteiger partial charge in [0.25, 0.3) is 0 Å². The van der Waals surface area contributed by atoms with Crippen LogP contribution >= 0.6 is 27.3 Å². The molecule has 5 heteroatoms. The van der Waals surface area contributed by atoms with Crippen molar-refractivity contribution >= 4 is 39.0 Å². The summed E-state index contributed by atoms with van der Waals surface area (Å²) in [6.07, 6.45) is 0. The summed E-state index contributed by atoms with van der Waals surface area (Å²) in [6.45, 7) is 2.82. The van der Waals surface area contributed by atoms with Gasteiger partial charge in [-0.1, -0.05) is 0 Å². The highest BCUT2D eigenvalue weighted by Gasteiger charge is 2.37. The molecule has 76 valence electrons. The van der Waals surface area contributed by atoms with E-state index in [2.05, 4.69) is 15.9 Å². The fourth-order valence-electron chi connectivity index (χ4n) is 0.841. The fraction of sp³-hybridized carbons (Fsp3) is 0.333. The molecule has 1 rings (SSSR count). The molecule has 3 nitrogen and oxygen atoms in total. The minimum Gasteiger partial charge on any atom is -0.481 e. The summed E-state index contributed by atoms with van der Waals surface area (Å²) in [5.74, 6) is -1.47. The minimum atomic E-state index is -1.36. The second-order valence-electron chi connectivity index (χ2n) is 3.36. The lowest BCUT2D eigenvalue weighted by atomic mass is 9.87. The first-order chi connectivity index (χ1) is 6.35. The number of hydrogen-bond donors (Lipinski definition) is 1. The Morgan fingerprint density at radius 1 is 1.43 bits per heavy atom. The third-order valence-corrected chi connectivity index (χ3v) is 3.52. The van der Waals surface area contributed by atoms with E-state index in [1.54, 1.807) is 12.1 Å². The third-order valence-electron chi connectivity index (χ3n) is 1.90. The van der Waals surface area contributed by atoms with Gasteiger partial charge in [-0.25, -0.2) is 0 Å². The summed E-state index contributed by atoms with van der Waals surface area (Å²) in [7, 11) is 0. The smallest absolute Gasteiger partial charge is 0.317 e. The number of ketones is 1. The number of Topliss-reactive ketones (excluding diaryl/α,β-unsaturated/α-hetero) is 1. The maximum Gasteiger partial charge on any atom is 0.317 e. The lowest BCUT2D eigenvalue weighted by molar-refractivity contribution is -0.144. The van der Waals surface area contributed by atoms with Gasteiger partial charge in [0.2, 0.25) is 0 Å². The van der Waals surface area contributed by atoms with Gasteiger partial charge in [0.1, 0.15) is 5.41 Å². The van der Waals surface area contributed by atoms with Crippen molar-refractivity contribution in [2.45, 2.75) is 13.8 Å². The molecular weight excluding hydrogens is 268 g/mol. The molecule has 0 saturated carbocycles. The Morgan fingerprint density at radius 3 is 2.36 bits per heavy atom. The van der Waals surface area contributed by atoms with E-state index in [4.69, 9.17) is 5.11 Å². The van der Waals surface area contributed by atoms with Gasteiger partial charge in [-0.2, -0.15) is 0 Å². The van der Waals surface area contributed by atoms with Crippen LogP contribution in [0, 0.1) is 5.41 Å². The van der Waals surface area contributed by atoms with Crippen LogP contribution in [0.1, 0.15) is 23.5 Å². The molecule has 0 atom stereocenters. The Bertz CT molecular complexity index is 381. The monoisotopic (exact) mass is 276 g/mol. The highest BCUT2D eigenvalue weighted by atomic mass is 79.9. The van der Waals surface area contributed by atoms with Crippen LogP contribution in [0.3, 0.4) is 0 Å². The van der Waals surface area contributed by atoms with Crippen LogP contribution in [0.4, 0.5) is 0 Å².